The molecule has 0 bridgehead atoms. The Labute approximate surface area is 150 Å². The summed E-state index contributed by atoms with van der Waals surface area (Å²) in [5.41, 5.74) is 5.38. The van der Waals surface area contributed by atoms with Crippen molar-refractivity contribution in [3.8, 4) is 28.3 Å². The number of benzene rings is 2. The molecule has 1 N–H and O–H groups in total. The van der Waals surface area contributed by atoms with E-state index in [0.717, 1.165) is 27.9 Å². The van der Waals surface area contributed by atoms with Crippen LogP contribution in [-0.2, 0) is 10.7 Å². The Morgan fingerprint density at radius 2 is 1.80 bits per heavy atom. The number of carbonyl (C=O) groups excluding carboxylic acids is 1. The molecule has 1 aliphatic heterocycles. The van der Waals surface area contributed by atoms with Gasteiger partial charge in [-0.1, -0.05) is 54.6 Å². The lowest BCUT2D eigenvalue weighted by atomic mass is 9.98. The van der Waals surface area contributed by atoms with Gasteiger partial charge in [-0.15, -0.1) is 11.6 Å². The zero-order valence-corrected chi connectivity index (χ0v) is 14.1. The first kappa shape index (κ1) is 15.7. The van der Waals surface area contributed by atoms with Crippen molar-refractivity contribution >= 4 is 23.2 Å². The quantitative estimate of drug-likeness (QED) is 0.708. The number of hydrogen-bond acceptors (Lipinski definition) is 3. The molecule has 2 aromatic carbocycles. The SMILES string of the molecule is O=C1COc2nc(-c3ccc(CCl)cc3)c(-c3ccccc3)cc2N1. The van der Waals surface area contributed by atoms with Gasteiger partial charge in [0.15, 0.2) is 6.61 Å². The molecule has 0 fully saturated rings. The van der Waals surface area contributed by atoms with E-state index in [4.69, 9.17) is 16.3 Å². The van der Waals surface area contributed by atoms with Gasteiger partial charge in [-0.3, -0.25) is 4.79 Å². The number of pyridine rings is 1. The van der Waals surface area contributed by atoms with Gasteiger partial charge >= 0.3 is 0 Å². The molecular weight excluding hydrogens is 336 g/mol. The molecule has 3 aromatic rings. The second-order valence-corrected chi connectivity index (χ2v) is 6.04. The number of nitrogens with one attached hydrogen (secondary N) is 1. The van der Waals surface area contributed by atoms with Crippen molar-refractivity contribution < 1.29 is 9.53 Å². The van der Waals surface area contributed by atoms with Gasteiger partial charge in [-0.25, -0.2) is 4.98 Å². The molecule has 0 radical (unpaired) electrons. The first-order valence-corrected chi connectivity index (χ1v) is 8.46. The number of fused-ring (bicyclic) bond motifs is 1. The van der Waals surface area contributed by atoms with Crippen molar-refractivity contribution in [3.05, 3.63) is 66.2 Å². The number of carbonyl (C=O) groups is 1. The molecule has 0 saturated heterocycles. The molecule has 4 rings (SSSR count). The van der Waals surface area contributed by atoms with Gasteiger partial charge in [0.25, 0.3) is 5.91 Å². The van der Waals surface area contributed by atoms with E-state index in [1.807, 2.05) is 60.7 Å². The predicted molar refractivity (Wildman–Crippen MR) is 98.8 cm³/mol. The summed E-state index contributed by atoms with van der Waals surface area (Å²) in [5, 5.41) is 2.82. The number of rotatable bonds is 3. The number of halogens is 1. The number of alkyl halides is 1. The van der Waals surface area contributed by atoms with Crippen LogP contribution < -0.4 is 10.1 Å². The van der Waals surface area contributed by atoms with Crippen LogP contribution in [0.3, 0.4) is 0 Å². The predicted octanol–water partition coefficient (Wildman–Crippen LogP) is 4.49. The average Bonchev–Trinajstić information content (AvgIpc) is 2.68. The molecule has 1 aromatic heterocycles. The molecular formula is C20H15ClN2O2. The maximum atomic E-state index is 11.6. The number of amides is 1. The number of anilines is 1. The van der Waals surface area contributed by atoms with Gasteiger partial charge in [0.2, 0.25) is 5.88 Å². The Kier molecular flexibility index (Phi) is 4.12. The minimum Gasteiger partial charge on any atom is -0.466 e. The Balaban J connectivity index is 1.90. The lowest BCUT2D eigenvalue weighted by Gasteiger charge is -2.20. The van der Waals surface area contributed by atoms with Gasteiger partial charge in [0.05, 0.1) is 5.69 Å². The van der Waals surface area contributed by atoms with E-state index in [9.17, 15) is 4.79 Å². The highest BCUT2D eigenvalue weighted by atomic mass is 35.5. The van der Waals surface area contributed by atoms with Crippen molar-refractivity contribution in [1.29, 1.82) is 0 Å². The highest BCUT2D eigenvalue weighted by Gasteiger charge is 2.21. The molecule has 2 heterocycles. The van der Waals surface area contributed by atoms with Crippen molar-refractivity contribution in [2.24, 2.45) is 0 Å². The number of ether oxygens (including phenoxy) is 1. The molecule has 25 heavy (non-hydrogen) atoms. The maximum absolute atomic E-state index is 11.6. The van der Waals surface area contributed by atoms with Gasteiger partial charge in [0, 0.05) is 17.0 Å². The standard InChI is InChI=1S/C20H15ClN2O2/c21-11-13-6-8-15(9-7-13)19-16(14-4-2-1-3-5-14)10-17-20(23-19)25-12-18(24)22-17/h1-10H,11-12H2,(H,22,24). The molecule has 4 nitrogen and oxygen atoms in total. The van der Waals surface area contributed by atoms with Crippen LogP contribution in [0.2, 0.25) is 0 Å². The Hall–Kier alpha value is -2.85. The first-order chi connectivity index (χ1) is 12.2. The highest BCUT2D eigenvalue weighted by molar-refractivity contribution is 6.17. The summed E-state index contributed by atoms with van der Waals surface area (Å²) in [4.78, 5) is 16.3. The minimum absolute atomic E-state index is 0.0185. The van der Waals surface area contributed by atoms with E-state index in [1.54, 1.807) is 0 Å². The molecule has 0 aliphatic carbocycles. The van der Waals surface area contributed by atoms with E-state index in [-0.39, 0.29) is 12.5 Å². The third-order valence-corrected chi connectivity index (χ3v) is 4.38. The van der Waals surface area contributed by atoms with E-state index in [1.165, 1.54) is 0 Å². The number of hydrogen-bond donors (Lipinski definition) is 1. The third-order valence-electron chi connectivity index (χ3n) is 4.07. The van der Waals surface area contributed by atoms with Crippen LogP contribution >= 0.6 is 11.6 Å². The molecule has 5 heteroatoms. The first-order valence-electron chi connectivity index (χ1n) is 7.93. The van der Waals surface area contributed by atoms with E-state index in [0.29, 0.717) is 17.4 Å². The topological polar surface area (TPSA) is 51.2 Å². The fourth-order valence-corrected chi connectivity index (χ4v) is 3.00. The van der Waals surface area contributed by atoms with Gasteiger partial charge in [-0.2, -0.15) is 0 Å². The molecule has 0 unspecified atom stereocenters. The van der Waals surface area contributed by atoms with Crippen LogP contribution in [0.5, 0.6) is 5.88 Å². The molecule has 0 atom stereocenters. The smallest absolute Gasteiger partial charge is 0.262 e. The largest absolute Gasteiger partial charge is 0.466 e. The molecule has 0 saturated carbocycles. The summed E-state index contributed by atoms with van der Waals surface area (Å²) in [6, 6.07) is 19.8. The lowest BCUT2D eigenvalue weighted by Crippen LogP contribution is -2.26. The zero-order chi connectivity index (χ0) is 17.2. The fourth-order valence-electron chi connectivity index (χ4n) is 2.83. The van der Waals surface area contributed by atoms with Crippen LogP contribution in [0.1, 0.15) is 5.56 Å². The Morgan fingerprint density at radius 1 is 1.04 bits per heavy atom. The van der Waals surface area contributed by atoms with Crippen molar-refractivity contribution in [2.75, 3.05) is 11.9 Å². The molecule has 124 valence electrons. The zero-order valence-electron chi connectivity index (χ0n) is 13.3. The maximum Gasteiger partial charge on any atom is 0.262 e. The summed E-state index contributed by atoms with van der Waals surface area (Å²) < 4.78 is 5.49. The second-order valence-electron chi connectivity index (χ2n) is 5.77. The van der Waals surface area contributed by atoms with E-state index < -0.39 is 0 Å². The highest BCUT2D eigenvalue weighted by Crippen LogP contribution is 2.38. The molecule has 1 amide bonds. The van der Waals surface area contributed by atoms with Gasteiger partial charge in [-0.05, 0) is 17.2 Å². The average molecular weight is 351 g/mol. The monoisotopic (exact) mass is 350 g/mol. The van der Waals surface area contributed by atoms with Crippen LogP contribution in [0.25, 0.3) is 22.4 Å². The van der Waals surface area contributed by atoms with Crippen molar-refractivity contribution in [2.45, 2.75) is 5.88 Å². The normalized spacial score (nSPS) is 12.9. The summed E-state index contributed by atoms with van der Waals surface area (Å²) in [6.07, 6.45) is 0. The van der Waals surface area contributed by atoms with Crippen molar-refractivity contribution in [1.82, 2.24) is 4.98 Å². The lowest BCUT2D eigenvalue weighted by molar-refractivity contribution is -0.118. The summed E-state index contributed by atoms with van der Waals surface area (Å²) in [7, 11) is 0. The van der Waals surface area contributed by atoms with Crippen LogP contribution in [0.4, 0.5) is 5.69 Å². The Morgan fingerprint density at radius 3 is 2.52 bits per heavy atom. The van der Waals surface area contributed by atoms with Gasteiger partial charge < -0.3 is 10.1 Å². The molecule has 0 spiro atoms. The van der Waals surface area contributed by atoms with E-state index in [2.05, 4.69) is 10.3 Å². The fraction of sp³-hybridized carbons (Fsp3) is 0.100. The van der Waals surface area contributed by atoms with Crippen LogP contribution in [-0.4, -0.2) is 17.5 Å². The van der Waals surface area contributed by atoms with Crippen LogP contribution in [0.15, 0.2) is 60.7 Å². The van der Waals surface area contributed by atoms with Crippen LogP contribution in [0, 0.1) is 0 Å². The van der Waals surface area contributed by atoms with Crippen molar-refractivity contribution in [3.63, 3.8) is 0 Å². The third kappa shape index (κ3) is 3.08. The minimum atomic E-state index is -0.174. The van der Waals surface area contributed by atoms with E-state index >= 15 is 0 Å². The Bertz CT molecular complexity index is 924. The number of nitrogens with zero attached hydrogens (tertiary/aromatic N) is 1. The summed E-state index contributed by atoms with van der Waals surface area (Å²) in [5.74, 6) is 0.738. The summed E-state index contributed by atoms with van der Waals surface area (Å²) >= 11 is 5.89. The second kappa shape index (κ2) is 6.57. The molecule has 1 aliphatic rings. The number of aromatic nitrogens is 1. The van der Waals surface area contributed by atoms with Gasteiger partial charge in [0.1, 0.15) is 5.69 Å². The summed E-state index contributed by atoms with van der Waals surface area (Å²) in [6.45, 7) is -0.0185.